The Kier molecular flexibility index (Phi) is 4.36. The van der Waals surface area contributed by atoms with Crippen LogP contribution in [0.15, 0.2) is 24.3 Å². The second-order valence-corrected chi connectivity index (χ2v) is 6.13. The minimum Gasteiger partial charge on any atom is -0.376 e. The number of rotatable bonds is 6. The molecule has 0 aliphatic heterocycles. The Morgan fingerprint density at radius 3 is 2.75 bits per heavy atom. The van der Waals surface area contributed by atoms with E-state index in [0.29, 0.717) is 6.61 Å². The van der Waals surface area contributed by atoms with E-state index in [0.717, 1.165) is 36.6 Å². The van der Waals surface area contributed by atoms with Crippen LogP contribution in [0.1, 0.15) is 44.1 Å². The summed E-state index contributed by atoms with van der Waals surface area (Å²) >= 11 is 0. The summed E-state index contributed by atoms with van der Waals surface area (Å²) in [5.74, 6) is 1.18. The summed E-state index contributed by atoms with van der Waals surface area (Å²) < 4.78 is 5.69. The minimum atomic E-state index is 0.179. The fourth-order valence-corrected chi connectivity index (χ4v) is 2.80. The van der Waals surface area contributed by atoms with E-state index in [4.69, 9.17) is 4.74 Å². The van der Waals surface area contributed by atoms with Gasteiger partial charge in [0.25, 0.3) is 0 Å². The normalized spacial score (nSPS) is 19.2. The third-order valence-electron chi connectivity index (χ3n) is 4.24. The van der Waals surface area contributed by atoms with Crippen LogP contribution in [-0.4, -0.2) is 12.5 Å². The van der Waals surface area contributed by atoms with Gasteiger partial charge in [-0.3, -0.25) is 4.79 Å². The first-order valence-corrected chi connectivity index (χ1v) is 7.79. The van der Waals surface area contributed by atoms with Crippen LogP contribution in [0.4, 0.5) is 5.69 Å². The first-order valence-electron chi connectivity index (χ1n) is 7.79. The van der Waals surface area contributed by atoms with E-state index in [1.807, 2.05) is 18.2 Å². The van der Waals surface area contributed by atoms with Gasteiger partial charge < -0.3 is 10.1 Å². The van der Waals surface area contributed by atoms with E-state index in [9.17, 15) is 4.79 Å². The van der Waals surface area contributed by atoms with Gasteiger partial charge in [-0.1, -0.05) is 25.0 Å². The number of hydrogen-bond acceptors (Lipinski definition) is 2. The van der Waals surface area contributed by atoms with Crippen molar-refractivity contribution >= 4 is 11.6 Å². The van der Waals surface area contributed by atoms with Crippen LogP contribution >= 0.6 is 0 Å². The molecule has 3 heteroatoms. The van der Waals surface area contributed by atoms with E-state index in [-0.39, 0.29) is 11.8 Å². The standard InChI is InChI=1S/C17H23NO2/c19-17(15-5-1-2-6-15)18-16-7-3-4-14(10-16)12-20-11-13-8-9-13/h3-4,7,10,13,15H,1-2,5-6,8-9,11-12H2,(H,18,19). The van der Waals surface area contributed by atoms with Crippen LogP contribution in [0.3, 0.4) is 0 Å². The van der Waals surface area contributed by atoms with Crippen LogP contribution in [-0.2, 0) is 16.1 Å². The van der Waals surface area contributed by atoms with E-state index in [1.165, 1.54) is 25.7 Å². The zero-order chi connectivity index (χ0) is 13.8. The van der Waals surface area contributed by atoms with Crippen LogP contribution in [0.2, 0.25) is 0 Å². The van der Waals surface area contributed by atoms with Gasteiger partial charge in [-0.05, 0) is 49.3 Å². The summed E-state index contributed by atoms with van der Waals surface area (Å²) in [6, 6.07) is 8.02. The molecular weight excluding hydrogens is 250 g/mol. The zero-order valence-corrected chi connectivity index (χ0v) is 11.9. The quantitative estimate of drug-likeness (QED) is 0.857. The van der Waals surface area contributed by atoms with Gasteiger partial charge >= 0.3 is 0 Å². The lowest BCUT2D eigenvalue weighted by Gasteiger charge is -2.11. The Balaban J connectivity index is 1.51. The zero-order valence-electron chi connectivity index (χ0n) is 11.9. The molecule has 0 unspecified atom stereocenters. The number of benzene rings is 1. The van der Waals surface area contributed by atoms with Gasteiger partial charge in [-0.15, -0.1) is 0 Å². The molecule has 2 aliphatic rings. The molecule has 0 aromatic heterocycles. The molecule has 1 amide bonds. The maximum Gasteiger partial charge on any atom is 0.227 e. The highest BCUT2D eigenvalue weighted by molar-refractivity contribution is 5.92. The molecule has 3 nitrogen and oxygen atoms in total. The van der Waals surface area contributed by atoms with Crippen LogP contribution in [0, 0.1) is 11.8 Å². The Hall–Kier alpha value is -1.35. The van der Waals surface area contributed by atoms with Crippen molar-refractivity contribution in [2.24, 2.45) is 11.8 Å². The predicted octanol–water partition coefficient (Wildman–Crippen LogP) is 3.74. The molecule has 108 valence electrons. The van der Waals surface area contributed by atoms with E-state index in [2.05, 4.69) is 11.4 Å². The van der Waals surface area contributed by atoms with Gasteiger partial charge in [0.15, 0.2) is 0 Å². The average molecular weight is 273 g/mol. The molecule has 0 radical (unpaired) electrons. The van der Waals surface area contributed by atoms with Gasteiger partial charge in [-0.25, -0.2) is 0 Å². The van der Waals surface area contributed by atoms with Crippen LogP contribution in [0.5, 0.6) is 0 Å². The Labute approximate surface area is 120 Å². The van der Waals surface area contributed by atoms with Crippen LogP contribution in [0.25, 0.3) is 0 Å². The van der Waals surface area contributed by atoms with Gasteiger partial charge in [0, 0.05) is 18.2 Å². The lowest BCUT2D eigenvalue weighted by molar-refractivity contribution is -0.119. The molecule has 0 spiro atoms. The Bertz CT molecular complexity index is 462. The largest absolute Gasteiger partial charge is 0.376 e. The van der Waals surface area contributed by atoms with Crippen molar-refractivity contribution in [3.8, 4) is 0 Å². The molecule has 0 saturated heterocycles. The van der Waals surface area contributed by atoms with Gasteiger partial charge in [0.2, 0.25) is 5.91 Å². The summed E-state index contributed by atoms with van der Waals surface area (Å²) in [6.07, 6.45) is 7.08. The third kappa shape index (κ3) is 3.83. The number of hydrogen-bond donors (Lipinski definition) is 1. The average Bonchev–Trinajstić information content (AvgIpc) is 3.10. The van der Waals surface area contributed by atoms with Crippen molar-refractivity contribution in [1.82, 2.24) is 0 Å². The molecular formula is C17H23NO2. The third-order valence-corrected chi connectivity index (χ3v) is 4.24. The number of carbonyl (C=O) groups excluding carboxylic acids is 1. The molecule has 3 rings (SSSR count). The molecule has 1 aromatic carbocycles. The molecule has 1 N–H and O–H groups in total. The molecule has 0 heterocycles. The first kappa shape index (κ1) is 13.6. The Morgan fingerprint density at radius 2 is 2.00 bits per heavy atom. The number of anilines is 1. The fraction of sp³-hybridized carbons (Fsp3) is 0.588. The van der Waals surface area contributed by atoms with Crippen molar-refractivity contribution in [1.29, 1.82) is 0 Å². The molecule has 2 saturated carbocycles. The SMILES string of the molecule is O=C(Nc1cccc(COCC2CC2)c1)C1CCCC1. The smallest absolute Gasteiger partial charge is 0.227 e. The molecule has 2 aliphatic carbocycles. The van der Waals surface area contributed by atoms with Crippen molar-refractivity contribution in [3.05, 3.63) is 29.8 Å². The molecule has 1 aromatic rings. The maximum atomic E-state index is 12.1. The molecule has 20 heavy (non-hydrogen) atoms. The molecule has 0 bridgehead atoms. The number of amides is 1. The fourth-order valence-electron chi connectivity index (χ4n) is 2.80. The molecule has 2 fully saturated rings. The van der Waals surface area contributed by atoms with Crippen molar-refractivity contribution in [2.75, 3.05) is 11.9 Å². The topological polar surface area (TPSA) is 38.3 Å². The number of ether oxygens (including phenoxy) is 1. The van der Waals surface area contributed by atoms with E-state index < -0.39 is 0 Å². The summed E-state index contributed by atoms with van der Waals surface area (Å²) in [4.78, 5) is 12.1. The van der Waals surface area contributed by atoms with Crippen LogP contribution < -0.4 is 5.32 Å². The summed E-state index contributed by atoms with van der Waals surface area (Å²) in [6.45, 7) is 1.52. The lowest BCUT2D eigenvalue weighted by Crippen LogP contribution is -2.20. The highest BCUT2D eigenvalue weighted by Crippen LogP contribution is 2.29. The second-order valence-electron chi connectivity index (χ2n) is 6.13. The van der Waals surface area contributed by atoms with Gasteiger partial charge in [0.05, 0.1) is 6.61 Å². The summed E-state index contributed by atoms with van der Waals surface area (Å²) in [5.41, 5.74) is 2.03. The van der Waals surface area contributed by atoms with E-state index in [1.54, 1.807) is 0 Å². The second kappa shape index (κ2) is 6.40. The highest BCUT2D eigenvalue weighted by atomic mass is 16.5. The maximum absolute atomic E-state index is 12.1. The lowest BCUT2D eigenvalue weighted by atomic mass is 10.1. The van der Waals surface area contributed by atoms with Gasteiger partial charge in [-0.2, -0.15) is 0 Å². The summed E-state index contributed by atoms with van der Waals surface area (Å²) in [5, 5.41) is 3.04. The summed E-state index contributed by atoms with van der Waals surface area (Å²) in [7, 11) is 0. The van der Waals surface area contributed by atoms with E-state index >= 15 is 0 Å². The van der Waals surface area contributed by atoms with Crippen molar-refractivity contribution < 1.29 is 9.53 Å². The van der Waals surface area contributed by atoms with Crippen molar-refractivity contribution in [3.63, 3.8) is 0 Å². The number of carbonyl (C=O) groups is 1. The first-order chi connectivity index (χ1) is 9.81. The minimum absolute atomic E-state index is 0.179. The highest BCUT2D eigenvalue weighted by Gasteiger charge is 2.23. The van der Waals surface area contributed by atoms with Gasteiger partial charge in [0.1, 0.15) is 0 Å². The van der Waals surface area contributed by atoms with Crippen molar-refractivity contribution in [2.45, 2.75) is 45.1 Å². The molecule has 0 atom stereocenters. The predicted molar refractivity (Wildman–Crippen MR) is 79.4 cm³/mol. The monoisotopic (exact) mass is 273 g/mol. The Morgan fingerprint density at radius 1 is 1.20 bits per heavy atom. The number of nitrogens with one attached hydrogen (secondary N) is 1.